The lowest BCUT2D eigenvalue weighted by Crippen LogP contribution is -2.12. The predicted octanol–water partition coefficient (Wildman–Crippen LogP) is 4.81. The van der Waals surface area contributed by atoms with Gasteiger partial charge in [0.05, 0.1) is 0 Å². The van der Waals surface area contributed by atoms with Gasteiger partial charge >= 0.3 is 5.97 Å². The first kappa shape index (κ1) is 20.8. The number of rotatable bonds is 8. The Morgan fingerprint density at radius 1 is 0.800 bits per heavy atom. The van der Waals surface area contributed by atoms with Crippen molar-refractivity contribution in [1.29, 1.82) is 0 Å². The van der Waals surface area contributed by atoms with Gasteiger partial charge in [-0.15, -0.1) is 0 Å². The standard InChI is InChI=1S/C24H24N2O4/c1-16(2)24(27)29-12-11-28-21-7-3-17(4-8-21)18-5-9-22(10-6-18)30-23-14-19(25)13-20(26)15-23/h3-10,13-15H,1,11-12,25-26H2,2H3. The molecule has 0 aliphatic carbocycles. The Morgan fingerprint density at radius 2 is 1.33 bits per heavy atom. The molecule has 0 aromatic heterocycles. The van der Waals surface area contributed by atoms with Gasteiger partial charge in [-0.05, 0) is 48.4 Å². The lowest BCUT2D eigenvalue weighted by Gasteiger charge is -2.10. The van der Waals surface area contributed by atoms with E-state index in [9.17, 15) is 4.79 Å². The van der Waals surface area contributed by atoms with Crippen LogP contribution in [0.25, 0.3) is 11.1 Å². The van der Waals surface area contributed by atoms with E-state index in [4.69, 9.17) is 25.7 Å². The minimum Gasteiger partial charge on any atom is -0.490 e. The van der Waals surface area contributed by atoms with Crippen LogP contribution in [0.15, 0.2) is 78.9 Å². The summed E-state index contributed by atoms with van der Waals surface area (Å²) in [6, 6.07) is 20.5. The number of nitrogen functional groups attached to an aromatic ring is 2. The predicted molar refractivity (Wildman–Crippen MR) is 118 cm³/mol. The normalized spacial score (nSPS) is 10.3. The number of benzene rings is 3. The SMILES string of the molecule is C=C(C)C(=O)OCCOc1ccc(-c2ccc(Oc3cc(N)cc(N)c3)cc2)cc1. The maximum Gasteiger partial charge on any atom is 0.333 e. The van der Waals surface area contributed by atoms with Crippen LogP contribution in [-0.4, -0.2) is 19.2 Å². The van der Waals surface area contributed by atoms with Crippen molar-refractivity contribution in [3.05, 3.63) is 78.9 Å². The summed E-state index contributed by atoms with van der Waals surface area (Å²) in [5.41, 5.74) is 15.1. The second kappa shape index (κ2) is 9.52. The highest BCUT2D eigenvalue weighted by Gasteiger charge is 2.04. The van der Waals surface area contributed by atoms with Gasteiger partial charge in [-0.2, -0.15) is 0 Å². The lowest BCUT2D eigenvalue weighted by molar-refractivity contribution is -0.139. The van der Waals surface area contributed by atoms with Gasteiger partial charge in [0.1, 0.15) is 30.5 Å². The van der Waals surface area contributed by atoms with Crippen molar-refractivity contribution >= 4 is 17.3 Å². The van der Waals surface area contributed by atoms with Crippen LogP contribution in [0.4, 0.5) is 11.4 Å². The van der Waals surface area contributed by atoms with Gasteiger partial charge in [-0.1, -0.05) is 30.8 Å². The number of ether oxygens (including phenoxy) is 3. The molecule has 0 saturated heterocycles. The molecule has 0 aliphatic rings. The fourth-order valence-corrected chi connectivity index (χ4v) is 2.72. The van der Waals surface area contributed by atoms with Gasteiger partial charge in [0.2, 0.25) is 0 Å². The first-order chi connectivity index (χ1) is 14.4. The monoisotopic (exact) mass is 404 g/mol. The molecule has 0 radical (unpaired) electrons. The molecule has 0 atom stereocenters. The molecule has 6 heteroatoms. The van der Waals surface area contributed by atoms with Gasteiger partial charge in [0.25, 0.3) is 0 Å². The molecule has 4 N–H and O–H groups in total. The fourth-order valence-electron chi connectivity index (χ4n) is 2.72. The molecule has 3 aromatic carbocycles. The summed E-state index contributed by atoms with van der Waals surface area (Å²) >= 11 is 0. The Kier molecular flexibility index (Phi) is 6.60. The highest BCUT2D eigenvalue weighted by atomic mass is 16.6. The molecule has 0 aliphatic heterocycles. The van der Waals surface area contributed by atoms with E-state index in [0.29, 0.717) is 34.2 Å². The number of nitrogens with two attached hydrogens (primary N) is 2. The van der Waals surface area contributed by atoms with Gasteiger partial charge in [0, 0.05) is 29.1 Å². The van der Waals surface area contributed by atoms with E-state index in [2.05, 4.69) is 6.58 Å². The number of carbonyl (C=O) groups excluding carboxylic acids is 1. The molecule has 3 aromatic rings. The largest absolute Gasteiger partial charge is 0.490 e. The first-order valence-corrected chi connectivity index (χ1v) is 9.40. The third-order valence-corrected chi connectivity index (χ3v) is 4.16. The van der Waals surface area contributed by atoms with E-state index in [1.807, 2.05) is 48.5 Å². The summed E-state index contributed by atoms with van der Waals surface area (Å²) < 4.78 is 16.4. The number of anilines is 2. The molecule has 0 saturated carbocycles. The van der Waals surface area contributed by atoms with Gasteiger partial charge in [-0.3, -0.25) is 0 Å². The molecule has 0 bridgehead atoms. The smallest absolute Gasteiger partial charge is 0.333 e. The van der Waals surface area contributed by atoms with Crippen molar-refractivity contribution in [2.75, 3.05) is 24.7 Å². The van der Waals surface area contributed by atoms with E-state index >= 15 is 0 Å². The van der Waals surface area contributed by atoms with Crippen LogP contribution in [0, 0.1) is 0 Å². The molecule has 0 heterocycles. The summed E-state index contributed by atoms with van der Waals surface area (Å²) in [4.78, 5) is 11.3. The molecule has 0 fully saturated rings. The van der Waals surface area contributed by atoms with Crippen LogP contribution >= 0.6 is 0 Å². The van der Waals surface area contributed by atoms with Gasteiger partial charge in [0.15, 0.2) is 0 Å². The minimum atomic E-state index is -0.416. The molecule has 6 nitrogen and oxygen atoms in total. The molecule has 154 valence electrons. The fraction of sp³-hybridized carbons (Fsp3) is 0.125. The highest BCUT2D eigenvalue weighted by Crippen LogP contribution is 2.29. The molecular formula is C24H24N2O4. The summed E-state index contributed by atoms with van der Waals surface area (Å²) in [6.45, 7) is 5.59. The van der Waals surface area contributed by atoms with Crippen molar-refractivity contribution in [3.8, 4) is 28.4 Å². The Bertz CT molecular complexity index is 1010. The van der Waals surface area contributed by atoms with E-state index in [1.165, 1.54) is 0 Å². The lowest BCUT2D eigenvalue weighted by atomic mass is 10.1. The van der Waals surface area contributed by atoms with Crippen LogP contribution in [-0.2, 0) is 9.53 Å². The highest BCUT2D eigenvalue weighted by molar-refractivity contribution is 5.86. The summed E-state index contributed by atoms with van der Waals surface area (Å²) in [7, 11) is 0. The second-order valence-electron chi connectivity index (χ2n) is 6.75. The van der Waals surface area contributed by atoms with Crippen molar-refractivity contribution in [2.45, 2.75) is 6.92 Å². The Labute approximate surface area is 175 Å². The molecule has 0 amide bonds. The van der Waals surface area contributed by atoms with Crippen molar-refractivity contribution in [1.82, 2.24) is 0 Å². The van der Waals surface area contributed by atoms with Crippen molar-refractivity contribution in [2.24, 2.45) is 0 Å². The quantitative estimate of drug-likeness (QED) is 0.242. The third-order valence-electron chi connectivity index (χ3n) is 4.16. The maximum atomic E-state index is 11.3. The van der Waals surface area contributed by atoms with E-state index < -0.39 is 5.97 Å². The van der Waals surface area contributed by atoms with E-state index in [-0.39, 0.29) is 13.2 Å². The number of esters is 1. The Balaban J connectivity index is 1.56. The number of hydrogen-bond acceptors (Lipinski definition) is 6. The van der Waals surface area contributed by atoms with Crippen LogP contribution in [0.1, 0.15) is 6.92 Å². The molecular weight excluding hydrogens is 380 g/mol. The zero-order valence-corrected chi connectivity index (χ0v) is 16.8. The third kappa shape index (κ3) is 5.78. The summed E-state index contributed by atoms with van der Waals surface area (Å²) in [5, 5.41) is 0. The topological polar surface area (TPSA) is 96.8 Å². The van der Waals surface area contributed by atoms with E-state index in [1.54, 1.807) is 25.1 Å². The summed E-state index contributed by atoms with van der Waals surface area (Å²) in [6.07, 6.45) is 0. The zero-order chi connectivity index (χ0) is 21.5. The molecule has 0 spiro atoms. The first-order valence-electron chi connectivity index (χ1n) is 9.40. The average Bonchev–Trinajstić information content (AvgIpc) is 2.71. The van der Waals surface area contributed by atoms with Gasteiger partial charge < -0.3 is 25.7 Å². The van der Waals surface area contributed by atoms with Crippen LogP contribution in [0.5, 0.6) is 17.2 Å². The molecule has 3 rings (SSSR count). The van der Waals surface area contributed by atoms with Crippen LogP contribution < -0.4 is 20.9 Å². The molecule has 0 unspecified atom stereocenters. The average molecular weight is 404 g/mol. The van der Waals surface area contributed by atoms with Crippen molar-refractivity contribution < 1.29 is 19.0 Å². The van der Waals surface area contributed by atoms with E-state index in [0.717, 1.165) is 11.1 Å². The van der Waals surface area contributed by atoms with Gasteiger partial charge in [-0.25, -0.2) is 4.79 Å². The Hall–Kier alpha value is -3.93. The summed E-state index contributed by atoms with van der Waals surface area (Å²) in [5.74, 6) is 1.56. The maximum absolute atomic E-state index is 11.3. The van der Waals surface area contributed by atoms with Crippen LogP contribution in [0.2, 0.25) is 0 Å². The molecule has 30 heavy (non-hydrogen) atoms. The number of carbonyl (C=O) groups is 1. The van der Waals surface area contributed by atoms with Crippen LogP contribution in [0.3, 0.4) is 0 Å². The number of hydrogen-bond donors (Lipinski definition) is 2. The Morgan fingerprint density at radius 3 is 1.87 bits per heavy atom. The van der Waals surface area contributed by atoms with Crippen molar-refractivity contribution in [3.63, 3.8) is 0 Å². The second-order valence-corrected chi connectivity index (χ2v) is 6.75. The minimum absolute atomic E-state index is 0.174. The zero-order valence-electron chi connectivity index (χ0n) is 16.8.